The van der Waals surface area contributed by atoms with Crippen LogP contribution in [0.1, 0.15) is 44.3 Å². The van der Waals surface area contributed by atoms with E-state index < -0.39 is 6.10 Å². The number of nitrogens with zero attached hydrogens (tertiary/aromatic N) is 2. The van der Waals surface area contributed by atoms with Crippen LogP contribution >= 0.6 is 0 Å². The molecule has 2 fully saturated rings. The minimum atomic E-state index is -0.705. The van der Waals surface area contributed by atoms with E-state index in [1.807, 2.05) is 0 Å². The van der Waals surface area contributed by atoms with Gasteiger partial charge in [-0.05, 0) is 49.3 Å². The summed E-state index contributed by atoms with van der Waals surface area (Å²) in [5.41, 5.74) is 0.700. The molecule has 2 N–H and O–H groups in total. The minimum absolute atomic E-state index is 0.289. The zero-order valence-corrected chi connectivity index (χ0v) is 14.4. The fraction of sp³-hybridized carbons (Fsp3) is 0.632. The van der Waals surface area contributed by atoms with E-state index in [1.165, 1.54) is 37.8 Å². The van der Waals surface area contributed by atoms with Crippen molar-refractivity contribution in [1.29, 1.82) is 0 Å². The first-order valence-electron chi connectivity index (χ1n) is 9.14. The molecule has 3 rings (SSSR count). The Morgan fingerprint density at radius 2 is 1.88 bits per heavy atom. The van der Waals surface area contributed by atoms with Gasteiger partial charge >= 0.3 is 0 Å². The number of rotatable bonds is 4. The van der Waals surface area contributed by atoms with Crippen molar-refractivity contribution in [2.24, 2.45) is 16.8 Å². The molecule has 1 aromatic carbocycles. The van der Waals surface area contributed by atoms with Gasteiger partial charge in [0.1, 0.15) is 5.82 Å². The van der Waals surface area contributed by atoms with Crippen molar-refractivity contribution < 1.29 is 9.50 Å². The second-order valence-electron chi connectivity index (χ2n) is 6.97. The number of aliphatic hydroxyl groups excluding tert-OH is 1. The van der Waals surface area contributed by atoms with Gasteiger partial charge < -0.3 is 15.3 Å². The number of fused-ring (bicyclic) bond motifs is 1. The van der Waals surface area contributed by atoms with Crippen LogP contribution < -0.4 is 5.32 Å². The normalized spacial score (nSPS) is 25.5. The van der Waals surface area contributed by atoms with Crippen molar-refractivity contribution in [3.05, 3.63) is 35.6 Å². The van der Waals surface area contributed by atoms with Crippen LogP contribution in [0.25, 0.3) is 0 Å². The van der Waals surface area contributed by atoms with Crippen LogP contribution in [0.5, 0.6) is 0 Å². The molecule has 1 aliphatic carbocycles. The molecule has 24 heavy (non-hydrogen) atoms. The largest absolute Gasteiger partial charge is 0.386 e. The SMILES string of the molecule is CCNC(=NCC(O)c1ccc(F)cc1)N1CC2CCCCC2C1. The smallest absolute Gasteiger partial charge is 0.194 e. The molecular formula is C19H28FN3O. The van der Waals surface area contributed by atoms with Crippen molar-refractivity contribution in [1.82, 2.24) is 10.2 Å². The maximum Gasteiger partial charge on any atom is 0.194 e. The highest BCUT2D eigenvalue weighted by molar-refractivity contribution is 5.80. The van der Waals surface area contributed by atoms with Gasteiger partial charge in [-0.15, -0.1) is 0 Å². The molecular weight excluding hydrogens is 305 g/mol. The first-order chi connectivity index (χ1) is 11.7. The third-order valence-corrected chi connectivity index (χ3v) is 5.28. The molecule has 132 valence electrons. The Hall–Kier alpha value is -1.62. The van der Waals surface area contributed by atoms with Crippen LogP contribution in [-0.2, 0) is 0 Å². The highest BCUT2D eigenvalue weighted by atomic mass is 19.1. The Kier molecular flexibility index (Phi) is 5.72. The summed E-state index contributed by atoms with van der Waals surface area (Å²) in [7, 11) is 0. The first-order valence-corrected chi connectivity index (χ1v) is 9.14. The highest BCUT2D eigenvalue weighted by Gasteiger charge is 2.35. The molecule has 4 nitrogen and oxygen atoms in total. The molecule has 1 aliphatic heterocycles. The molecule has 0 spiro atoms. The number of guanidine groups is 1. The molecule has 1 heterocycles. The molecule has 2 aliphatic rings. The Morgan fingerprint density at radius 1 is 1.25 bits per heavy atom. The lowest BCUT2D eigenvalue weighted by Crippen LogP contribution is -2.40. The van der Waals surface area contributed by atoms with Crippen LogP contribution in [0.2, 0.25) is 0 Å². The topological polar surface area (TPSA) is 47.9 Å². The monoisotopic (exact) mass is 333 g/mol. The Labute approximate surface area is 143 Å². The van der Waals surface area contributed by atoms with E-state index in [4.69, 9.17) is 0 Å². The molecule has 0 radical (unpaired) electrons. The van der Waals surface area contributed by atoms with Gasteiger partial charge in [0.05, 0.1) is 12.6 Å². The zero-order valence-electron chi connectivity index (χ0n) is 14.4. The number of halogens is 1. The molecule has 5 heteroatoms. The lowest BCUT2D eigenvalue weighted by molar-refractivity contribution is 0.186. The number of hydrogen-bond acceptors (Lipinski definition) is 2. The van der Waals surface area contributed by atoms with Gasteiger partial charge in [0.25, 0.3) is 0 Å². The standard InChI is InChI=1S/C19H28FN3O/c1-2-21-19(23-12-15-5-3-4-6-16(15)13-23)22-11-18(24)14-7-9-17(20)10-8-14/h7-10,15-16,18,24H,2-6,11-13H2,1H3,(H,21,22). The highest BCUT2D eigenvalue weighted by Crippen LogP contribution is 2.36. The molecule has 3 unspecified atom stereocenters. The molecule has 3 atom stereocenters. The summed E-state index contributed by atoms with van der Waals surface area (Å²) in [4.78, 5) is 6.99. The predicted molar refractivity (Wildman–Crippen MR) is 94.4 cm³/mol. The molecule has 1 saturated heterocycles. The van der Waals surface area contributed by atoms with E-state index in [0.29, 0.717) is 12.1 Å². The van der Waals surface area contributed by atoms with Gasteiger partial charge in [0, 0.05) is 19.6 Å². The lowest BCUT2D eigenvalue weighted by Gasteiger charge is -2.22. The Bertz CT molecular complexity index is 546. The quantitative estimate of drug-likeness (QED) is 0.658. The number of hydrogen-bond donors (Lipinski definition) is 2. The van der Waals surface area contributed by atoms with E-state index in [2.05, 4.69) is 22.1 Å². The average Bonchev–Trinajstić information content (AvgIpc) is 3.03. The van der Waals surface area contributed by atoms with Crippen LogP contribution in [-0.4, -0.2) is 42.1 Å². The molecule has 1 aromatic rings. The summed E-state index contributed by atoms with van der Waals surface area (Å²) in [5, 5.41) is 13.7. The number of benzene rings is 1. The third-order valence-electron chi connectivity index (χ3n) is 5.28. The van der Waals surface area contributed by atoms with Gasteiger partial charge in [0.15, 0.2) is 5.96 Å². The van der Waals surface area contributed by atoms with E-state index >= 15 is 0 Å². The maximum atomic E-state index is 13.0. The van der Waals surface area contributed by atoms with Crippen molar-refractivity contribution in [3.63, 3.8) is 0 Å². The maximum absolute atomic E-state index is 13.0. The number of likely N-dealkylation sites (tertiary alicyclic amines) is 1. The second kappa shape index (κ2) is 7.97. The number of nitrogens with one attached hydrogen (secondary N) is 1. The average molecular weight is 333 g/mol. The minimum Gasteiger partial charge on any atom is -0.386 e. The van der Waals surface area contributed by atoms with Crippen molar-refractivity contribution in [2.45, 2.75) is 38.7 Å². The van der Waals surface area contributed by atoms with E-state index in [-0.39, 0.29) is 5.82 Å². The van der Waals surface area contributed by atoms with Gasteiger partial charge in [-0.2, -0.15) is 0 Å². The molecule has 0 amide bonds. The fourth-order valence-electron chi connectivity index (χ4n) is 3.97. The summed E-state index contributed by atoms with van der Waals surface area (Å²) in [6.45, 7) is 5.32. The van der Waals surface area contributed by atoms with Crippen molar-refractivity contribution in [3.8, 4) is 0 Å². The summed E-state index contributed by atoms with van der Waals surface area (Å²) >= 11 is 0. The summed E-state index contributed by atoms with van der Waals surface area (Å²) in [6.07, 6.45) is 4.67. The Morgan fingerprint density at radius 3 is 2.46 bits per heavy atom. The number of aliphatic imine (C=N–C) groups is 1. The third kappa shape index (κ3) is 4.07. The fourth-order valence-corrected chi connectivity index (χ4v) is 3.97. The van der Waals surface area contributed by atoms with Crippen LogP contribution in [0.3, 0.4) is 0 Å². The summed E-state index contributed by atoms with van der Waals surface area (Å²) in [5.74, 6) is 2.20. The predicted octanol–water partition coefficient (Wildman–Crippen LogP) is 2.95. The van der Waals surface area contributed by atoms with Gasteiger partial charge in [0.2, 0.25) is 0 Å². The summed E-state index contributed by atoms with van der Waals surface area (Å²) < 4.78 is 13.0. The van der Waals surface area contributed by atoms with Crippen molar-refractivity contribution >= 4 is 5.96 Å². The second-order valence-corrected chi connectivity index (χ2v) is 6.97. The number of aliphatic hydroxyl groups is 1. The van der Waals surface area contributed by atoms with Gasteiger partial charge in [-0.1, -0.05) is 25.0 Å². The van der Waals surface area contributed by atoms with E-state index in [1.54, 1.807) is 12.1 Å². The summed E-state index contributed by atoms with van der Waals surface area (Å²) in [6, 6.07) is 5.98. The van der Waals surface area contributed by atoms with Crippen molar-refractivity contribution in [2.75, 3.05) is 26.2 Å². The lowest BCUT2D eigenvalue weighted by atomic mass is 9.82. The zero-order chi connectivity index (χ0) is 16.9. The van der Waals surface area contributed by atoms with Gasteiger partial charge in [-0.25, -0.2) is 4.39 Å². The molecule has 1 saturated carbocycles. The molecule has 0 aromatic heterocycles. The molecule has 0 bridgehead atoms. The van der Waals surface area contributed by atoms with E-state index in [0.717, 1.165) is 37.4 Å². The van der Waals surface area contributed by atoms with E-state index in [9.17, 15) is 9.50 Å². The first kappa shape index (κ1) is 17.2. The van der Waals surface area contributed by atoms with Crippen LogP contribution in [0.4, 0.5) is 4.39 Å². The van der Waals surface area contributed by atoms with Gasteiger partial charge in [-0.3, -0.25) is 4.99 Å². The van der Waals surface area contributed by atoms with Crippen LogP contribution in [0, 0.1) is 17.7 Å². The Balaban J connectivity index is 1.64. The van der Waals surface area contributed by atoms with Crippen LogP contribution in [0.15, 0.2) is 29.3 Å².